The minimum absolute atomic E-state index is 0.112. The number of carbonyl (C=O) groups is 3. The average molecular weight is 271 g/mol. The molecule has 0 spiro atoms. The van der Waals surface area contributed by atoms with Gasteiger partial charge in [0.25, 0.3) is 0 Å². The Morgan fingerprint density at radius 2 is 2.11 bits per heavy atom. The zero-order valence-corrected chi connectivity index (χ0v) is 11.0. The molecule has 1 rings (SSSR count). The van der Waals surface area contributed by atoms with Crippen molar-refractivity contribution < 1.29 is 28.6 Å². The lowest BCUT2D eigenvalue weighted by atomic mass is 10.1. The quantitative estimate of drug-likeness (QED) is 0.555. The monoisotopic (exact) mass is 271 g/mol. The van der Waals surface area contributed by atoms with Crippen LogP contribution in [0.25, 0.3) is 0 Å². The highest BCUT2D eigenvalue weighted by Gasteiger charge is 2.22. The molecule has 0 aliphatic carbocycles. The van der Waals surface area contributed by atoms with Crippen molar-refractivity contribution in [3.8, 4) is 0 Å². The van der Waals surface area contributed by atoms with E-state index in [1.165, 1.54) is 7.11 Å². The predicted octanol–water partition coefficient (Wildman–Crippen LogP) is -0.0968. The van der Waals surface area contributed by atoms with E-state index in [-0.39, 0.29) is 13.2 Å². The number of methoxy groups -OCH3 is 1. The van der Waals surface area contributed by atoms with Gasteiger partial charge in [-0.1, -0.05) is 0 Å². The number of hydrogen-bond acceptors (Lipinski definition) is 6. The van der Waals surface area contributed by atoms with Crippen LogP contribution in [-0.4, -0.2) is 44.8 Å². The van der Waals surface area contributed by atoms with Gasteiger partial charge in [0.15, 0.2) is 0 Å². The maximum Gasteiger partial charge on any atom is 0.335 e. The SMILES string of the molecule is CCOC(=O)C1=C(NC(=O)CC(=O)OC)COCC1. The molecule has 0 unspecified atom stereocenters. The van der Waals surface area contributed by atoms with E-state index < -0.39 is 24.3 Å². The first-order chi connectivity index (χ1) is 9.08. The van der Waals surface area contributed by atoms with Crippen molar-refractivity contribution in [2.24, 2.45) is 0 Å². The topological polar surface area (TPSA) is 90.9 Å². The Labute approximate surface area is 110 Å². The summed E-state index contributed by atoms with van der Waals surface area (Å²) in [5.74, 6) is -1.67. The van der Waals surface area contributed by atoms with Gasteiger partial charge in [0, 0.05) is 6.42 Å². The van der Waals surface area contributed by atoms with Crippen LogP contribution >= 0.6 is 0 Å². The molecule has 7 heteroatoms. The van der Waals surface area contributed by atoms with Crippen LogP contribution < -0.4 is 5.32 Å². The van der Waals surface area contributed by atoms with Gasteiger partial charge >= 0.3 is 11.9 Å². The molecule has 0 radical (unpaired) electrons. The van der Waals surface area contributed by atoms with Gasteiger partial charge in [-0.05, 0) is 6.92 Å². The van der Waals surface area contributed by atoms with E-state index in [1.807, 2.05) is 0 Å². The summed E-state index contributed by atoms with van der Waals surface area (Å²) in [4.78, 5) is 34.2. The van der Waals surface area contributed by atoms with E-state index in [2.05, 4.69) is 10.1 Å². The summed E-state index contributed by atoms with van der Waals surface area (Å²) in [6.07, 6.45) is -0.0389. The fourth-order valence-corrected chi connectivity index (χ4v) is 1.56. The van der Waals surface area contributed by atoms with Gasteiger partial charge in [-0.15, -0.1) is 0 Å². The van der Waals surface area contributed by atoms with E-state index in [1.54, 1.807) is 6.92 Å². The van der Waals surface area contributed by atoms with Crippen LogP contribution in [0.15, 0.2) is 11.3 Å². The fraction of sp³-hybridized carbons (Fsp3) is 0.583. The zero-order valence-electron chi connectivity index (χ0n) is 11.0. The second-order valence-corrected chi connectivity index (χ2v) is 3.78. The van der Waals surface area contributed by atoms with Crippen molar-refractivity contribution in [1.29, 1.82) is 0 Å². The highest BCUT2D eigenvalue weighted by Crippen LogP contribution is 2.15. The Bertz CT molecular complexity index is 401. The second kappa shape index (κ2) is 7.52. The van der Waals surface area contributed by atoms with Gasteiger partial charge in [0.1, 0.15) is 6.42 Å². The second-order valence-electron chi connectivity index (χ2n) is 3.78. The first kappa shape index (κ1) is 15.2. The first-order valence-corrected chi connectivity index (χ1v) is 5.92. The Morgan fingerprint density at radius 1 is 1.37 bits per heavy atom. The van der Waals surface area contributed by atoms with E-state index in [0.29, 0.717) is 24.3 Å². The van der Waals surface area contributed by atoms with Crippen LogP contribution in [0, 0.1) is 0 Å². The Balaban J connectivity index is 2.72. The lowest BCUT2D eigenvalue weighted by Gasteiger charge is -2.20. The highest BCUT2D eigenvalue weighted by atomic mass is 16.5. The third-order valence-corrected chi connectivity index (χ3v) is 2.45. The molecule has 106 valence electrons. The third kappa shape index (κ3) is 4.70. The van der Waals surface area contributed by atoms with E-state index >= 15 is 0 Å². The molecule has 19 heavy (non-hydrogen) atoms. The number of amides is 1. The molecule has 0 atom stereocenters. The average Bonchev–Trinajstić information content (AvgIpc) is 2.39. The number of carbonyl (C=O) groups excluding carboxylic acids is 3. The van der Waals surface area contributed by atoms with Crippen LogP contribution in [0.4, 0.5) is 0 Å². The third-order valence-electron chi connectivity index (χ3n) is 2.45. The molecule has 0 saturated carbocycles. The number of hydrogen-bond donors (Lipinski definition) is 1. The zero-order chi connectivity index (χ0) is 14.3. The molecule has 1 aliphatic rings. The van der Waals surface area contributed by atoms with Crippen molar-refractivity contribution in [3.63, 3.8) is 0 Å². The molecule has 0 aromatic rings. The largest absolute Gasteiger partial charge is 0.469 e. The molecule has 0 fully saturated rings. The number of rotatable bonds is 5. The summed E-state index contributed by atoms with van der Waals surface area (Å²) < 4.78 is 14.5. The Kier molecular flexibility index (Phi) is 6.01. The molecular formula is C12H17NO6. The van der Waals surface area contributed by atoms with Gasteiger partial charge in [-0.2, -0.15) is 0 Å². The summed E-state index contributed by atoms with van der Waals surface area (Å²) >= 11 is 0. The standard InChI is InChI=1S/C12H17NO6/c1-3-19-12(16)8-4-5-18-7-9(8)13-10(14)6-11(15)17-2/h3-7H2,1-2H3,(H,13,14). The molecule has 0 bridgehead atoms. The van der Waals surface area contributed by atoms with Crippen LogP contribution in [0.5, 0.6) is 0 Å². The molecular weight excluding hydrogens is 254 g/mol. The Morgan fingerprint density at radius 3 is 2.74 bits per heavy atom. The van der Waals surface area contributed by atoms with E-state index in [0.717, 1.165) is 0 Å². The number of nitrogens with one attached hydrogen (secondary N) is 1. The van der Waals surface area contributed by atoms with Crippen molar-refractivity contribution in [2.75, 3.05) is 26.9 Å². The summed E-state index contributed by atoms with van der Waals surface area (Å²) in [7, 11) is 1.20. The summed E-state index contributed by atoms with van der Waals surface area (Å²) in [5, 5.41) is 2.49. The molecule has 0 saturated heterocycles. The fourth-order valence-electron chi connectivity index (χ4n) is 1.56. The predicted molar refractivity (Wildman–Crippen MR) is 63.9 cm³/mol. The van der Waals surface area contributed by atoms with Gasteiger partial charge < -0.3 is 19.5 Å². The lowest BCUT2D eigenvalue weighted by Crippen LogP contribution is -2.32. The first-order valence-electron chi connectivity index (χ1n) is 5.92. The maximum absolute atomic E-state index is 11.7. The molecule has 0 aromatic carbocycles. The summed E-state index contributed by atoms with van der Waals surface area (Å²) in [6, 6.07) is 0. The van der Waals surface area contributed by atoms with Crippen molar-refractivity contribution in [1.82, 2.24) is 5.32 Å². The van der Waals surface area contributed by atoms with Crippen LogP contribution in [0.1, 0.15) is 19.8 Å². The van der Waals surface area contributed by atoms with Crippen LogP contribution in [0.3, 0.4) is 0 Å². The number of ether oxygens (including phenoxy) is 3. The van der Waals surface area contributed by atoms with E-state index in [4.69, 9.17) is 9.47 Å². The molecule has 1 N–H and O–H groups in total. The lowest BCUT2D eigenvalue weighted by molar-refractivity contribution is -0.143. The van der Waals surface area contributed by atoms with Crippen molar-refractivity contribution >= 4 is 17.8 Å². The highest BCUT2D eigenvalue weighted by molar-refractivity contribution is 5.96. The normalized spacial score (nSPS) is 14.8. The summed E-state index contributed by atoms with van der Waals surface area (Å²) in [6.45, 7) is 2.46. The smallest absolute Gasteiger partial charge is 0.335 e. The molecule has 1 heterocycles. The van der Waals surface area contributed by atoms with Crippen molar-refractivity contribution in [2.45, 2.75) is 19.8 Å². The van der Waals surface area contributed by atoms with Gasteiger partial charge in [0.05, 0.1) is 38.2 Å². The van der Waals surface area contributed by atoms with Gasteiger partial charge in [-0.3, -0.25) is 9.59 Å². The number of esters is 2. The van der Waals surface area contributed by atoms with Crippen molar-refractivity contribution in [3.05, 3.63) is 11.3 Å². The molecule has 7 nitrogen and oxygen atoms in total. The summed E-state index contributed by atoms with van der Waals surface area (Å²) in [5.41, 5.74) is 0.727. The minimum Gasteiger partial charge on any atom is -0.469 e. The molecule has 1 aliphatic heterocycles. The maximum atomic E-state index is 11.7. The minimum atomic E-state index is -0.646. The van der Waals surface area contributed by atoms with Gasteiger partial charge in [0.2, 0.25) is 5.91 Å². The Hall–Kier alpha value is -1.89. The molecule has 0 aromatic heterocycles. The van der Waals surface area contributed by atoms with E-state index in [9.17, 15) is 14.4 Å². The van der Waals surface area contributed by atoms with Gasteiger partial charge in [-0.25, -0.2) is 4.79 Å². The molecule has 1 amide bonds. The van der Waals surface area contributed by atoms with Crippen LogP contribution in [0.2, 0.25) is 0 Å². The van der Waals surface area contributed by atoms with Crippen LogP contribution in [-0.2, 0) is 28.6 Å².